The number of halogens is 1. The zero-order valence-corrected chi connectivity index (χ0v) is 12.9. The molecule has 0 saturated carbocycles. The van der Waals surface area contributed by atoms with Crippen LogP contribution in [0.1, 0.15) is 19.4 Å². The zero-order chi connectivity index (χ0) is 16.1. The number of hydrogen-bond donors (Lipinski definition) is 2. The SMILES string of the molecule is CC(C)[C@H](Cc1ccc(F)cc1)NC(=O)N1CCNC(=O)C1. The number of piperazine rings is 1. The highest BCUT2D eigenvalue weighted by molar-refractivity contribution is 5.85. The summed E-state index contributed by atoms with van der Waals surface area (Å²) in [6, 6.07) is 6.00. The third-order valence-electron chi connectivity index (χ3n) is 3.81. The average molecular weight is 307 g/mol. The molecule has 1 heterocycles. The number of rotatable bonds is 4. The van der Waals surface area contributed by atoms with E-state index in [1.165, 1.54) is 17.0 Å². The van der Waals surface area contributed by atoms with E-state index in [9.17, 15) is 14.0 Å². The molecule has 0 unspecified atom stereocenters. The average Bonchev–Trinajstić information content (AvgIpc) is 2.48. The van der Waals surface area contributed by atoms with E-state index in [4.69, 9.17) is 0 Å². The lowest BCUT2D eigenvalue weighted by molar-refractivity contribution is -0.123. The molecule has 1 atom stereocenters. The van der Waals surface area contributed by atoms with Crippen LogP contribution in [0.25, 0.3) is 0 Å². The van der Waals surface area contributed by atoms with E-state index < -0.39 is 0 Å². The first-order chi connectivity index (χ1) is 10.5. The van der Waals surface area contributed by atoms with Gasteiger partial charge in [0.2, 0.25) is 5.91 Å². The molecule has 0 aliphatic carbocycles. The lowest BCUT2D eigenvalue weighted by Crippen LogP contribution is -2.55. The molecule has 2 rings (SSSR count). The molecule has 0 bridgehead atoms. The summed E-state index contributed by atoms with van der Waals surface area (Å²) in [5.74, 6) is -0.179. The first-order valence-corrected chi connectivity index (χ1v) is 7.52. The van der Waals surface area contributed by atoms with Crippen LogP contribution in [0.5, 0.6) is 0 Å². The summed E-state index contributed by atoms with van der Waals surface area (Å²) in [6.07, 6.45) is 0.629. The van der Waals surface area contributed by atoms with Crippen molar-refractivity contribution in [1.82, 2.24) is 15.5 Å². The van der Waals surface area contributed by atoms with Gasteiger partial charge in [0, 0.05) is 19.1 Å². The Morgan fingerprint density at radius 1 is 1.36 bits per heavy atom. The molecule has 6 heteroatoms. The Balaban J connectivity index is 1.97. The van der Waals surface area contributed by atoms with E-state index in [-0.39, 0.29) is 36.3 Å². The van der Waals surface area contributed by atoms with Crippen LogP contribution >= 0.6 is 0 Å². The molecular weight excluding hydrogens is 285 g/mol. The van der Waals surface area contributed by atoms with Crippen LogP contribution < -0.4 is 10.6 Å². The normalized spacial score (nSPS) is 16.4. The molecule has 0 spiro atoms. The van der Waals surface area contributed by atoms with Crippen LogP contribution in [-0.2, 0) is 11.2 Å². The van der Waals surface area contributed by atoms with E-state index in [2.05, 4.69) is 10.6 Å². The second-order valence-electron chi connectivity index (χ2n) is 5.90. The van der Waals surface area contributed by atoms with E-state index in [0.29, 0.717) is 19.5 Å². The van der Waals surface area contributed by atoms with Gasteiger partial charge < -0.3 is 15.5 Å². The Labute approximate surface area is 129 Å². The Morgan fingerprint density at radius 2 is 2.05 bits per heavy atom. The molecule has 120 valence electrons. The van der Waals surface area contributed by atoms with Crippen molar-refractivity contribution >= 4 is 11.9 Å². The van der Waals surface area contributed by atoms with Gasteiger partial charge in [-0.2, -0.15) is 0 Å². The van der Waals surface area contributed by atoms with E-state index in [1.807, 2.05) is 13.8 Å². The third-order valence-corrected chi connectivity index (χ3v) is 3.81. The van der Waals surface area contributed by atoms with Crippen molar-refractivity contribution in [2.75, 3.05) is 19.6 Å². The molecule has 0 radical (unpaired) electrons. The monoisotopic (exact) mass is 307 g/mol. The predicted molar refractivity (Wildman–Crippen MR) is 81.8 cm³/mol. The topological polar surface area (TPSA) is 61.4 Å². The van der Waals surface area contributed by atoms with Crippen LogP contribution in [0.15, 0.2) is 24.3 Å². The first kappa shape index (κ1) is 16.3. The molecule has 3 amide bonds. The Kier molecular flexibility index (Phi) is 5.35. The van der Waals surface area contributed by atoms with Gasteiger partial charge in [0.25, 0.3) is 0 Å². The largest absolute Gasteiger partial charge is 0.353 e. The second-order valence-corrected chi connectivity index (χ2v) is 5.90. The van der Waals surface area contributed by atoms with Crippen LogP contribution in [0.2, 0.25) is 0 Å². The fourth-order valence-electron chi connectivity index (χ4n) is 2.39. The second kappa shape index (κ2) is 7.24. The molecular formula is C16H22FN3O2. The number of nitrogens with one attached hydrogen (secondary N) is 2. The van der Waals surface area contributed by atoms with Gasteiger partial charge in [-0.1, -0.05) is 26.0 Å². The maximum atomic E-state index is 13.0. The molecule has 1 aromatic carbocycles. The van der Waals surface area contributed by atoms with Gasteiger partial charge in [0.05, 0.1) is 0 Å². The van der Waals surface area contributed by atoms with Crippen molar-refractivity contribution in [3.63, 3.8) is 0 Å². The van der Waals surface area contributed by atoms with Crippen LogP contribution in [-0.4, -0.2) is 42.5 Å². The fourth-order valence-corrected chi connectivity index (χ4v) is 2.39. The Morgan fingerprint density at radius 3 is 2.64 bits per heavy atom. The third kappa shape index (κ3) is 4.44. The highest BCUT2D eigenvalue weighted by atomic mass is 19.1. The molecule has 1 fully saturated rings. The molecule has 22 heavy (non-hydrogen) atoms. The first-order valence-electron chi connectivity index (χ1n) is 7.52. The van der Waals surface area contributed by atoms with Crippen LogP contribution in [0.4, 0.5) is 9.18 Å². The Bertz CT molecular complexity index is 531. The number of nitrogens with zero attached hydrogens (tertiary/aromatic N) is 1. The standard InChI is InChI=1S/C16H22FN3O2/c1-11(2)14(9-12-3-5-13(17)6-4-12)19-16(22)20-8-7-18-15(21)10-20/h3-6,11,14H,7-10H2,1-2H3,(H,18,21)(H,19,22)/t14-/m0/s1. The van der Waals surface area contributed by atoms with Crippen LogP contribution in [0.3, 0.4) is 0 Å². The molecule has 1 saturated heterocycles. The summed E-state index contributed by atoms with van der Waals surface area (Å²) in [5, 5.41) is 5.68. The molecule has 5 nitrogen and oxygen atoms in total. The van der Waals surface area contributed by atoms with E-state index in [1.54, 1.807) is 12.1 Å². The van der Waals surface area contributed by atoms with E-state index >= 15 is 0 Å². The van der Waals surface area contributed by atoms with Crippen LogP contribution in [0, 0.1) is 11.7 Å². The summed E-state index contributed by atoms with van der Waals surface area (Å²) in [7, 11) is 0. The maximum absolute atomic E-state index is 13.0. The summed E-state index contributed by atoms with van der Waals surface area (Å²) < 4.78 is 13.0. The van der Waals surface area contributed by atoms with Crippen molar-refractivity contribution in [2.45, 2.75) is 26.3 Å². The number of benzene rings is 1. The summed E-state index contributed by atoms with van der Waals surface area (Å²) in [5.41, 5.74) is 0.969. The number of urea groups is 1. The lowest BCUT2D eigenvalue weighted by atomic mass is 9.96. The molecule has 1 aliphatic rings. The van der Waals surface area contributed by atoms with Gasteiger partial charge in [-0.15, -0.1) is 0 Å². The predicted octanol–water partition coefficient (Wildman–Crippen LogP) is 1.53. The number of carbonyl (C=O) groups excluding carboxylic acids is 2. The van der Waals surface area contributed by atoms with Gasteiger partial charge in [-0.05, 0) is 30.0 Å². The molecule has 1 aliphatic heterocycles. The minimum atomic E-state index is -0.270. The fraction of sp³-hybridized carbons (Fsp3) is 0.500. The van der Waals surface area contributed by atoms with Gasteiger partial charge in [0.1, 0.15) is 12.4 Å². The van der Waals surface area contributed by atoms with Gasteiger partial charge in [0.15, 0.2) is 0 Å². The quantitative estimate of drug-likeness (QED) is 0.886. The minimum Gasteiger partial charge on any atom is -0.353 e. The Hall–Kier alpha value is -2.11. The van der Waals surface area contributed by atoms with E-state index in [0.717, 1.165) is 5.56 Å². The highest BCUT2D eigenvalue weighted by Crippen LogP contribution is 2.12. The number of carbonyl (C=O) groups is 2. The number of amides is 3. The number of hydrogen-bond acceptors (Lipinski definition) is 2. The van der Waals surface area contributed by atoms with Crippen molar-refractivity contribution in [3.8, 4) is 0 Å². The van der Waals surface area contributed by atoms with Gasteiger partial charge in [-0.3, -0.25) is 4.79 Å². The molecule has 2 N–H and O–H groups in total. The van der Waals surface area contributed by atoms with Gasteiger partial charge >= 0.3 is 6.03 Å². The van der Waals surface area contributed by atoms with Gasteiger partial charge in [-0.25, -0.2) is 9.18 Å². The zero-order valence-electron chi connectivity index (χ0n) is 12.9. The summed E-state index contributed by atoms with van der Waals surface area (Å²) in [4.78, 5) is 25.1. The smallest absolute Gasteiger partial charge is 0.318 e. The lowest BCUT2D eigenvalue weighted by Gasteiger charge is -2.30. The van der Waals surface area contributed by atoms with Crippen molar-refractivity contribution in [3.05, 3.63) is 35.6 Å². The molecule has 1 aromatic rings. The highest BCUT2D eigenvalue weighted by Gasteiger charge is 2.24. The minimum absolute atomic E-state index is 0.0667. The molecule has 0 aromatic heterocycles. The van der Waals surface area contributed by atoms with Crippen molar-refractivity contribution < 1.29 is 14.0 Å². The maximum Gasteiger partial charge on any atom is 0.318 e. The summed E-state index contributed by atoms with van der Waals surface area (Å²) in [6.45, 7) is 5.14. The summed E-state index contributed by atoms with van der Waals surface area (Å²) >= 11 is 0. The van der Waals surface area contributed by atoms with Crippen molar-refractivity contribution in [1.29, 1.82) is 0 Å². The van der Waals surface area contributed by atoms with Crippen molar-refractivity contribution in [2.24, 2.45) is 5.92 Å².